The predicted octanol–water partition coefficient (Wildman–Crippen LogP) is 0.185. The standard InChI is InChI=1S/C9H14FNO2/c10-3-7-4-11(5-8(7)12)9(13)6-1-2-6/h6-8,12H,1-5H2/t7-,8-/m1/s1. The maximum absolute atomic E-state index is 12.3. The van der Waals surface area contributed by atoms with Crippen molar-refractivity contribution in [2.24, 2.45) is 11.8 Å². The summed E-state index contributed by atoms with van der Waals surface area (Å²) in [5, 5.41) is 9.38. The molecule has 1 aliphatic carbocycles. The number of β-amino-alcohol motifs (C(OH)–C–C–N with tert-alkyl or cyclic N) is 1. The molecule has 1 aliphatic heterocycles. The second-order valence-corrected chi connectivity index (χ2v) is 4.00. The summed E-state index contributed by atoms with van der Waals surface area (Å²) in [6, 6.07) is 0. The van der Waals surface area contributed by atoms with E-state index in [0.717, 1.165) is 12.8 Å². The molecule has 1 saturated carbocycles. The second kappa shape index (κ2) is 3.25. The molecular weight excluding hydrogens is 173 g/mol. The largest absolute Gasteiger partial charge is 0.391 e. The van der Waals surface area contributed by atoms with Crippen molar-refractivity contribution in [1.82, 2.24) is 4.90 Å². The molecule has 1 N–H and O–H groups in total. The molecule has 0 spiro atoms. The van der Waals surface area contributed by atoms with Gasteiger partial charge in [-0.05, 0) is 12.8 Å². The molecule has 1 saturated heterocycles. The van der Waals surface area contributed by atoms with E-state index in [0.29, 0.717) is 13.1 Å². The number of hydrogen-bond acceptors (Lipinski definition) is 2. The average molecular weight is 187 g/mol. The van der Waals surface area contributed by atoms with E-state index in [1.807, 2.05) is 0 Å². The van der Waals surface area contributed by atoms with Crippen molar-refractivity contribution in [3.05, 3.63) is 0 Å². The van der Waals surface area contributed by atoms with Gasteiger partial charge in [0.2, 0.25) is 5.91 Å². The van der Waals surface area contributed by atoms with Crippen LogP contribution in [0.4, 0.5) is 4.39 Å². The second-order valence-electron chi connectivity index (χ2n) is 4.00. The summed E-state index contributed by atoms with van der Waals surface area (Å²) in [6.07, 6.45) is 1.27. The zero-order valence-electron chi connectivity index (χ0n) is 7.45. The van der Waals surface area contributed by atoms with Crippen LogP contribution in [0.1, 0.15) is 12.8 Å². The Morgan fingerprint density at radius 2 is 2.15 bits per heavy atom. The molecule has 1 heterocycles. The van der Waals surface area contributed by atoms with Gasteiger partial charge in [-0.1, -0.05) is 0 Å². The van der Waals surface area contributed by atoms with Crippen LogP contribution in [-0.4, -0.2) is 41.8 Å². The van der Waals surface area contributed by atoms with Crippen molar-refractivity contribution < 1.29 is 14.3 Å². The number of carbonyl (C=O) groups excluding carboxylic acids is 1. The Hall–Kier alpha value is -0.640. The number of carbonyl (C=O) groups is 1. The van der Waals surface area contributed by atoms with E-state index < -0.39 is 12.8 Å². The van der Waals surface area contributed by atoms with Gasteiger partial charge in [0, 0.05) is 24.9 Å². The number of hydrogen-bond donors (Lipinski definition) is 1. The summed E-state index contributed by atoms with van der Waals surface area (Å²) in [5.41, 5.74) is 0. The molecule has 0 radical (unpaired) electrons. The van der Waals surface area contributed by atoms with Crippen LogP contribution in [0, 0.1) is 11.8 Å². The minimum Gasteiger partial charge on any atom is -0.391 e. The first-order chi connectivity index (χ1) is 6.22. The van der Waals surface area contributed by atoms with Gasteiger partial charge in [0.15, 0.2) is 0 Å². The van der Waals surface area contributed by atoms with Gasteiger partial charge in [0.1, 0.15) is 0 Å². The first-order valence-corrected chi connectivity index (χ1v) is 4.75. The molecule has 0 unspecified atom stereocenters. The predicted molar refractivity (Wildman–Crippen MR) is 44.8 cm³/mol. The Morgan fingerprint density at radius 1 is 1.46 bits per heavy atom. The van der Waals surface area contributed by atoms with E-state index in [-0.39, 0.29) is 17.7 Å². The zero-order chi connectivity index (χ0) is 9.42. The van der Waals surface area contributed by atoms with Crippen LogP contribution in [-0.2, 0) is 4.79 Å². The third kappa shape index (κ3) is 1.68. The number of halogens is 1. The average Bonchev–Trinajstić information content (AvgIpc) is 2.89. The van der Waals surface area contributed by atoms with E-state index in [1.54, 1.807) is 4.90 Å². The molecule has 2 rings (SSSR count). The first kappa shape index (κ1) is 8.94. The van der Waals surface area contributed by atoms with E-state index in [4.69, 9.17) is 0 Å². The van der Waals surface area contributed by atoms with Gasteiger partial charge < -0.3 is 10.0 Å². The van der Waals surface area contributed by atoms with Crippen molar-refractivity contribution >= 4 is 5.91 Å². The number of aliphatic hydroxyl groups is 1. The maximum atomic E-state index is 12.3. The molecule has 2 aliphatic rings. The number of aliphatic hydroxyl groups excluding tert-OH is 1. The van der Waals surface area contributed by atoms with E-state index >= 15 is 0 Å². The Morgan fingerprint density at radius 3 is 2.62 bits per heavy atom. The topological polar surface area (TPSA) is 40.5 Å². The Bertz CT molecular complexity index is 218. The number of alkyl halides is 1. The van der Waals surface area contributed by atoms with Crippen LogP contribution in [0.2, 0.25) is 0 Å². The van der Waals surface area contributed by atoms with Crippen molar-refractivity contribution in [3.63, 3.8) is 0 Å². The molecule has 4 heteroatoms. The normalized spacial score (nSPS) is 33.8. The quantitative estimate of drug-likeness (QED) is 0.670. The number of amides is 1. The third-order valence-corrected chi connectivity index (χ3v) is 2.84. The molecule has 74 valence electrons. The van der Waals surface area contributed by atoms with E-state index in [2.05, 4.69) is 0 Å². The van der Waals surface area contributed by atoms with Crippen molar-refractivity contribution in [2.45, 2.75) is 18.9 Å². The van der Waals surface area contributed by atoms with E-state index in [1.165, 1.54) is 0 Å². The van der Waals surface area contributed by atoms with Crippen LogP contribution in [0.15, 0.2) is 0 Å². The van der Waals surface area contributed by atoms with Crippen LogP contribution >= 0.6 is 0 Å². The van der Waals surface area contributed by atoms with Crippen LogP contribution in [0.5, 0.6) is 0 Å². The molecule has 0 aromatic heterocycles. The Balaban J connectivity index is 1.92. The fourth-order valence-electron chi connectivity index (χ4n) is 1.77. The summed E-state index contributed by atoms with van der Waals surface area (Å²) in [7, 11) is 0. The molecule has 0 bridgehead atoms. The summed E-state index contributed by atoms with van der Waals surface area (Å²) in [6.45, 7) is 0.187. The minimum absolute atomic E-state index is 0.106. The van der Waals surface area contributed by atoms with Gasteiger partial charge in [-0.15, -0.1) is 0 Å². The minimum atomic E-state index is -0.660. The van der Waals surface area contributed by atoms with Crippen LogP contribution in [0.3, 0.4) is 0 Å². The van der Waals surface area contributed by atoms with Gasteiger partial charge in [-0.3, -0.25) is 9.18 Å². The lowest BCUT2D eigenvalue weighted by Gasteiger charge is -2.14. The summed E-state index contributed by atoms with van der Waals surface area (Å²) in [4.78, 5) is 13.1. The monoisotopic (exact) mass is 187 g/mol. The highest BCUT2D eigenvalue weighted by Crippen LogP contribution is 2.32. The van der Waals surface area contributed by atoms with Crippen molar-refractivity contribution in [2.75, 3.05) is 19.8 Å². The lowest BCUT2D eigenvalue weighted by Crippen LogP contribution is -2.30. The van der Waals surface area contributed by atoms with Gasteiger partial charge in [-0.2, -0.15) is 0 Å². The number of likely N-dealkylation sites (tertiary alicyclic amines) is 1. The molecule has 2 atom stereocenters. The van der Waals surface area contributed by atoms with Gasteiger partial charge >= 0.3 is 0 Å². The summed E-state index contributed by atoms with van der Waals surface area (Å²) >= 11 is 0. The molecule has 2 fully saturated rings. The zero-order valence-corrected chi connectivity index (χ0v) is 7.45. The molecule has 3 nitrogen and oxygen atoms in total. The van der Waals surface area contributed by atoms with Crippen molar-refractivity contribution in [1.29, 1.82) is 0 Å². The van der Waals surface area contributed by atoms with Gasteiger partial charge in [-0.25, -0.2) is 0 Å². The van der Waals surface area contributed by atoms with E-state index in [9.17, 15) is 14.3 Å². The summed E-state index contributed by atoms with van der Waals surface area (Å²) < 4.78 is 12.3. The van der Waals surface area contributed by atoms with Crippen LogP contribution in [0.25, 0.3) is 0 Å². The number of nitrogens with zero attached hydrogens (tertiary/aromatic N) is 1. The van der Waals surface area contributed by atoms with Crippen LogP contribution < -0.4 is 0 Å². The molecule has 1 amide bonds. The fourth-order valence-corrected chi connectivity index (χ4v) is 1.77. The molecule has 0 aromatic rings. The fraction of sp³-hybridized carbons (Fsp3) is 0.889. The lowest BCUT2D eigenvalue weighted by atomic mass is 10.1. The van der Waals surface area contributed by atoms with Gasteiger partial charge in [0.25, 0.3) is 0 Å². The smallest absolute Gasteiger partial charge is 0.225 e. The summed E-state index contributed by atoms with van der Waals surface area (Å²) in [5.74, 6) is -0.0803. The highest BCUT2D eigenvalue weighted by atomic mass is 19.1. The lowest BCUT2D eigenvalue weighted by molar-refractivity contribution is -0.131. The third-order valence-electron chi connectivity index (χ3n) is 2.84. The number of rotatable bonds is 2. The molecular formula is C9H14FNO2. The highest BCUT2D eigenvalue weighted by Gasteiger charge is 2.39. The first-order valence-electron chi connectivity index (χ1n) is 4.75. The highest BCUT2D eigenvalue weighted by molar-refractivity contribution is 5.81. The maximum Gasteiger partial charge on any atom is 0.225 e. The SMILES string of the molecule is O=C(C1CC1)N1C[C@@H](CF)[C@H](O)C1. The van der Waals surface area contributed by atoms with Crippen molar-refractivity contribution in [3.8, 4) is 0 Å². The Labute approximate surface area is 76.5 Å². The molecule has 0 aromatic carbocycles. The molecule has 13 heavy (non-hydrogen) atoms. The van der Waals surface area contributed by atoms with Gasteiger partial charge in [0.05, 0.1) is 12.8 Å². The Kier molecular flexibility index (Phi) is 2.24.